The predicted octanol–water partition coefficient (Wildman–Crippen LogP) is -0.831. The van der Waals surface area contributed by atoms with E-state index < -0.39 is 23.3 Å². The molecule has 0 saturated carbocycles. The monoisotopic (exact) mass is 252 g/mol. The van der Waals surface area contributed by atoms with Crippen molar-refractivity contribution in [2.24, 2.45) is 5.73 Å². The fraction of sp³-hybridized carbons (Fsp3) is 0.300. The van der Waals surface area contributed by atoms with Crippen LogP contribution in [-0.2, 0) is 4.79 Å². The summed E-state index contributed by atoms with van der Waals surface area (Å²) in [6.07, 6.45) is 1.96. The molecule has 18 heavy (non-hydrogen) atoms. The van der Waals surface area contributed by atoms with Crippen LogP contribution in [0.25, 0.3) is 0 Å². The van der Waals surface area contributed by atoms with E-state index in [2.05, 4.69) is 15.3 Å². The van der Waals surface area contributed by atoms with Crippen molar-refractivity contribution in [3.8, 4) is 0 Å². The fourth-order valence-electron chi connectivity index (χ4n) is 0.965. The van der Waals surface area contributed by atoms with E-state index in [1.807, 2.05) is 0 Å². The molecule has 0 aliphatic rings. The van der Waals surface area contributed by atoms with E-state index in [0.717, 1.165) is 12.4 Å². The molecule has 0 spiro atoms. The summed E-state index contributed by atoms with van der Waals surface area (Å²) in [5.74, 6) is -2.61. The molecule has 2 amide bonds. The second kappa shape index (κ2) is 4.78. The first-order valence-electron chi connectivity index (χ1n) is 4.92. The van der Waals surface area contributed by atoms with Crippen LogP contribution in [0.1, 0.15) is 34.8 Å². The summed E-state index contributed by atoms with van der Waals surface area (Å²) in [5, 5.41) is 11.0. The highest BCUT2D eigenvalue weighted by atomic mass is 16.4. The molecule has 0 saturated heterocycles. The number of amides is 2. The zero-order valence-electron chi connectivity index (χ0n) is 9.80. The third-order valence-corrected chi connectivity index (χ3v) is 2.15. The van der Waals surface area contributed by atoms with Crippen LogP contribution in [0.3, 0.4) is 0 Å². The van der Waals surface area contributed by atoms with Crippen molar-refractivity contribution in [1.82, 2.24) is 15.3 Å². The Balaban J connectivity index is 2.86. The Labute approximate surface area is 102 Å². The van der Waals surface area contributed by atoms with E-state index in [1.54, 1.807) is 0 Å². The molecule has 8 heteroatoms. The van der Waals surface area contributed by atoms with E-state index >= 15 is 0 Å². The third-order valence-electron chi connectivity index (χ3n) is 2.15. The topological polar surface area (TPSA) is 135 Å². The van der Waals surface area contributed by atoms with Gasteiger partial charge < -0.3 is 16.2 Å². The van der Waals surface area contributed by atoms with Crippen molar-refractivity contribution in [1.29, 1.82) is 0 Å². The number of hydrogen-bond donors (Lipinski definition) is 3. The summed E-state index contributed by atoms with van der Waals surface area (Å²) < 4.78 is 0. The lowest BCUT2D eigenvalue weighted by molar-refractivity contribution is -0.122. The van der Waals surface area contributed by atoms with Gasteiger partial charge in [-0.3, -0.25) is 9.59 Å². The fourth-order valence-corrected chi connectivity index (χ4v) is 0.965. The van der Waals surface area contributed by atoms with Crippen molar-refractivity contribution >= 4 is 17.8 Å². The minimum Gasteiger partial charge on any atom is -0.476 e. The molecule has 0 unspecified atom stereocenters. The third kappa shape index (κ3) is 3.00. The molecular formula is C10H12N4O4. The van der Waals surface area contributed by atoms with Gasteiger partial charge in [0, 0.05) is 0 Å². The van der Waals surface area contributed by atoms with Gasteiger partial charge in [0.15, 0.2) is 5.69 Å². The first-order valence-corrected chi connectivity index (χ1v) is 4.92. The molecule has 0 fully saturated rings. The molecule has 0 bridgehead atoms. The quantitative estimate of drug-likeness (QED) is 0.639. The van der Waals surface area contributed by atoms with Crippen molar-refractivity contribution in [2.45, 2.75) is 19.4 Å². The Morgan fingerprint density at radius 3 is 2.11 bits per heavy atom. The second-order valence-electron chi connectivity index (χ2n) is 4.04. The molecule has 1 aromatic rings. The van der Waals surface area contributed by atoms with Crippen LogP contribution in [0.15, 0.2) is 12.4 Å². The van der Waals surface area contributed by atoms with Crippen LogP contribution in [-0.4, -0.2) is 38.4 Å². The zero-order valence-corrected chi connectivity index (χ0v) is 9.80. The Morgan fingerprint density at radius 2 is 1.72 bits per heavy atom. The number of primary amides is 1. The van der Waals surface area contributed by atoms with Crippen LogP contribution in [0, 0.1) is 0 Å². The number of carbonyl (C=O) groups excluding carboxylic acids is 2. The van der Waals surface area contributed by atoms with E-state index in [4.69, 9.17) is 10.8 Å². The molecule has 0 aliphatic carbocycles. The lowest BCUT2D eigenvalue weighted by Crippen LogP contribution is -2.53. The Kier molecular flexibility index (Phi) is 3.60. The number of rotatable bonds is 4. The van der Waals surface area contributed by atoms with Gasteiger partial charge in [0.25, 0.3) is 5.91 Å². The SMILES string of the molecule is CC(C)(NC(=O)c1cnc(C(=O)O)cn1)C(N)=O. The molecule has 0 aliphatic heterocycles. The Hall–Kier alpha value is -2.51. The molecule has 1 aromatic heterocycles. The minimum absolute atomic E-state index is 0.102. The van der Waals surface area contributed by atoms with Crippen LogP contribution in [0.5, 0.6) is 0 Å². The molecule has 0 atom stereocenters. The summed E-state index contributed by atoms with van der Waals surface area (Å²) in [7, 11) is 0. The van der Waals surface area contributed by atoms with E-state index in [9.17, 15) is 14.4 Å². The largest absolute Gasteiger partial charge is 0.476 e. The van der Waals surface area contributed by atoms with Gasteiger partial charge in [-0.15, -0.1) is 0 Å². The van der Waals surface area contributed by atoms with Crippen LogP contribution >= 0.6 is 0 Å². The van der Waals surface area contributed by atoms with Crippen LogP contribution in [0.4, 0.5) is 0 Å². The second-order valence-corrected chi connectivity index (χ2v) is 4.04. The van der Waals surface area contributed by atoms with Crippen molar-refractivity contribution in [2.75, 3.05) is 0 Å². The van der Waals surface area contributed by atoms with Gasteiger partial charge in [-0.2, -0.15) is 0 Å². The van der Waals surface area contributed by atoms with Gasteiger partial charge in [-0.25, -0.2) is 14.8 Å². The van der Waals surface area contributed by atoms with Gasteiger partial charge in [0.1, 0.15) is 11.2 Å². The van der Waals surface area contributed by atoms with Gasteiger partial charge in [-0.05, 0) is 13.8 Å². The number of nitrogens with zero attached hydrogens (tertiary/aromatic N) is 2. The minimum atomic E-state index is -1.24. The smallest absolute Gasteiger partial charge is 0.356 e. The average Bonchev–Trinajstić information content (AvgIpc) is 2.28. The maximum Gasteiger partial charge on any atom is 0.356 e. The normalized spacial score (nSPS) is 10.8. The summed E-state index contributed by atoms with van der Waals surface area (Å²) in [5.41, 5.74) is 3.48. The van der Waals surface area contributed by atoms with E-state index in [-0.39, 0.29) is 11.4 Å². The van der Waals surface area contributed by atoms with Crippen LogP contribution in [0.2, 0.25) is 0 Å². The van der Waals surface area contributed by atoms with Gasteiger partial charge >= 0.3 is 5.97 Å². The summed E-state index contributed by atoms with van der Waals surface area (Å²) in [6.45, 7) is 2.87. The summed E-state index contributed by atoms with van der Waals surface area (Å²) in [6, 6.07) is 0. The van der Waals surface area contributed by atoms with Crippen molar-refractivity contribution in [3.63, 3.8) is 0 Å². The maximum absolute atomic E-state index is 11.7. The van der Waals surface area contributed by atoms with E-state index in [0.29, 0.717) is 0 Å². The molecule has 8 nitrogen and oxygen atoms in total. The average molecular weight is 252 g/mol. The van der Waals surface area contributed by atoms with E-state index in [1.165, 1.54) is 13.8 Å². The summed E-state index contributed by atoms with van der Waals surface area (Å²) >= 11 is 0. The first kappa shape index (κ1) is 13.6. The number of carboxylic acids is 1. The highest BCUT2D eigenvalue weighted by Crippen LogP contribution is 2.03. The summed E-state index contributed by atoms with van der Waals surface area (Å²) in [4.78, 5) is 40.4. The number of aromatic carboxylic acids is 1. The Morgan fingerprint density at radius 1 is 1.22 bits per heavy atom. The molecule has 0 aromatic carbocycles. The lowest BCUT2D eigenvalue weighted by Gasteiger charge is -2.21. The molecule has 4 N–H and O–H groups in total. The highest BCUT2D eigenvalue weighted by molar-refractivity contribution is 5.97. The number of carbonyl (C=O) groups is 3. The lowest BCUT2D eigenvalue weighted by atomic mass is 10.1. The first-order chi connectivity index (χ1) is 8.24. The van der Waals surface area contributed by atoms with Crippen LogP contribution < -0.4 is 11.1 Å². The van der Waals surface area contributed by atoms with Gasteiger partial charge in [0.2, 0.25) is 5.91 Å². The number of nitrogens with one attached hydrogen (secondary N) is 1. The molecule has 0 radical (unpaired) electrons. The number of carboxylic acid groups (broad SMARTS) is 1. The molecule has 96 valence electrons. The standard InChI is InChI=1S/C10H12N4O4/c1-10(2,9(11)18)14-7(15)5-3-13-6(4-12-5)8(16)17/h3-4H,1-2H3,(H2,11,18)(H,14,15)(H,16,17). The van der Waals surface area contributed by atoms with Crippen molar-refractivity contribution in [3.05, 3.63) is 23.8 Å². The predicted molar refractivity (Wildman–Crippen MR) is 59.7 cm³/mol. The van der Waals surface area contributed by atoms with Gasteiger partial charge in [-0.1, -0.05) is 0 Å². The number of aromatic nitrogens is 2. The zero-order chi connectivity index (χ0) is 13.9. The molecule has 1 heterocycles. The molecular weight excluding hydrogens is 240 g/mol. The number of nitrogens with two attached hydrogens (primary N) is 1. The Bertz CT molecular complexity index is 495. The molecule has 1 rings (SSSR count). The maximum atomic E-state index is 11.7. The van der Waals surface area contributed by atoms with Gasteiger partial charge in [0.05, 0.1) is 12.4 Å². The van der Waals surface area contributed by atoms with Crippen molar-refractivity contribution < 1.29 is 19.5 Å². The number of hydrogen-bond acceptors (Lipinski definition) is 5. The highest BCUT2D eigenvalue weighted by Gasteiger charge is 2.27.